The lowest BCUT2D eigenvalue weighted by atomic mass is 10.4. The molecule has 0 N–H and O–H groups in total. The summed E-state index contributed by atoms with van der Waals surface area (Å²) >= 11 is 6.22. The molecule has 0 heterocycles. The Kier molecular flexibility index (Phi) is 5.53. The molecule has 5 heteroatoms. The highest BCUT2D eigenvalue weighted by molar-refractivity contribution is 8.26. The summed E-state index contributed by atoms with van der Waals surface area (Å²) in [6.45, 7) is 0. The van der Waals surface area contributed by atoms with E-state index in [0.717, 1.165) is 15.5 Å². The van der Waals surface area contributed by atoms with Crippen molar-refractivity contribution >= 4 is 38.2 Å². The fourth-order valence-corrected chi connectivity index (χ4v) is 11.4. The maximum Gasteiger partial charge on any atom is 0.0803 e. The number of hydrogen-bond acceptors (Lipinski definition) is 3. The van der Waals surface area contributed by atoms with E-state index in [2.05, 4.69) is 4.36 Å². The normalized spacial score (nSPS) is 13.8. The van der Waals surface area contributed by atoms with Crippen LogP contribution >= 0.6 is 6.04 Å². The van der Waals surface area contributed by atoms with E-state index in [4.69, 9.17) is 11.8 Å². The Morgan fingerprint density at radius 3 is 1.60 bits per heavy atom. The maximum absolute atomic E-state index is 13.7. The van der Waals surface area contributed by atoms with Crippen LogP contribution in [0, 0.1) is 0 Å². The minimum absolute atomic E-state index is 0.365. The molecule has 0 aliphatic carbocycles. The lowest BCUT2D eigenvalue weighted by molar-refractivity contribution is 0.679. The summed E-state index contributed by atoms with van der Waals surface area (Å²) in [5, 5.41) is 2.15. The van der Waals surface area contributed by atoms with Gasteiger partial charge in [0.15, 0.2) is 0 Å². The van der Waals surface area contributed by atoms with Gasteiger partial charge in [-0.15, -0.1) is 0 Å². The van der Waals surface area contributed by atoms with Crippen LogP contribution in [-0.2, 0) is 21.5 Å². The van der Waals surface area contributed by atoms with Crippen molar-refractivity contribution < 1.29 is 4.21 Å². The van der Waals surface area contributed by atoms with Gasteiger partial charge in [0.2, 0.25) is 0 Å². The Bertz CT molecular complexity index is 952. The molecule has 3 rings (SSSR count). The highest BCUT2D eigenvalue weighted by Crippen LogP contribution is 2.46. The van der Waals surface area contributed by atoms with Crippen molar-refractivity contribution in [2.75, 3.05) is 12.5 Å². The van der Waals surface area contributed by atoms with E-state index in [-0.39, 0.29) is 0 Å². The van der Waals surface area contributed by atoms with Crippen LogP contribution < -0.4 is 10.6 Å². The molecular formula is C20H20NOPS2. The predicted octanol–water partition coefficient (Wildman–Crippen LogP) is 4.23. The van der Waals surface area contributed by atoms with Gasteiger partial charge >= 0.3 is 0 Å². The lowest BCUT2D eigenvalue weighted by Crippen LogP contribution is -2.22. The third-order valence-corrected chi connectivity index (χ3v) is 13.0. The van der Waals surface area contributed by atoms with E-state index in [1.807, 2.05) is 91.0 Å². The molecule has 0 fully saturated rings. The third kappa shape index (κ3) is 3.77. The SMILES string of the molecule is CN=S(=O)(CP(=S)(c1ccccc1)c1ccccc1)c1ccccc1. The predicted molar refractivity (Wildman–Crippen MR) is 113 cm³/mol. The van der Waals surface area contributed by atoms with Gasteiger partial charge in [-0.2, -0.15) is 0 Å². The van der Waals surface area contributed by atoms with E-state index in [1.54, 1.807) is 7.05 Å². The average molecular weight is 385 g/mol. The van der Waals surface area contributed by atoms with Gasteiger partial charge in [-0.3, -0.25) is 0 Å². The Balaban J connectivity index is 2.18. The zero-order valence-electron chi connectivity index (χ0n) is 14.0. The molecule has 25 heavy (non-hydrogen) atoms. The highest BCUT2D eigenvalue weighted by atomic mass is 32.4. The van der Waals surface area contributed by atoms with Crippen molar-refractivity contribution in [3.63, 3.8) is 0 Å². The largest absolute Gasteiger partial charge is 0.244 e. The summed E-state index contributed by atoms with van der Waals surface area (Å²) in [4.78, 5) is 0.749. The van der Waals surface area contributed by atoms with Crippen LogP contribution in [0.2, 0.25) is 0 Å². The minimum Gasteiger partial charge on any atom is -0.244 e. The van der Waals surface area contributed by atoms with Crippen LogP contribution in [0.3, 0.4) is 0 Å². The van der Waals surface area contributed by atoms with Crippen LogP contribution in [0.1, 0.15) is 0 Å². The summed E-state index contributed by atoms with van der Waals surface area (Å²) in [5.74, 6) is 0. The first-order valence-electron chi connectivity index (χ1n) is 7.97. The van der Waals surface area contributed by atoms with Crippen molar-refractivity contribution in [1.82, 2.24) is 0 Å². The van der Waals surface area contributed by atoms with E-state index >= 15 is 0 Å². The number of nitrogens with zero attached hydrogens (tertiary/aromatic N) is 1. The van der Waals surface area contributed by atoms with Crippen LogP contribution in [0.5, 0.6) is 0 Å². The first kappa shape index (κ1) is 18.1. The molecule has 0 aromatic heterocycles. The quantitative estimate of drug-likeness (QED) is 0.615. The molecule has 3 aromatic rings. The Morgan fingerprint density at radius 1 is 0.800 bits per heavy atom. The molecule has 128 valence electrons. The summed E-state index contributed by atoms with van der Waals surface area (Å²) in [7, 11) is -0.959. The summed E-state index contributed by atoms with van der Waals surface area (Å²) in [5.41, 5.74) is 0.365. The van der Waals surface area contributed by atoms with Crippen LogP contribution in [-0.4, -0.2) is 16.8 Å². The maximum atomic E-state index is 13.7. The molecule has 0 radical (unpaired) electrons. The van der Waals surface area contributed by atoms with Gasteiger partial charge in [-0.25, -0.2) is 8.57 Å². The fraction of sp³-hybridized carbons (Fsp3) is 0.100. The minimum atomic E-state index is -2.59. The van der Waals surface area contributed by atoms with Gasteiger partial charge in [0.05, 0.1) is 15.2 Å². The summed E-state index contributed by atoms with van der Waals surface area (Å²) in [6, 6.07) is 27.3. The zero-order chi connectivity index (χ0) is 17.8. The molecule has 0 saturated carbocycles. The number of rotatable bonds is 5. The smallest absolute Gasteiger partial charge is 0.0803 e. The van der Waals surface area contributed by atoms with Gasteiger partial charge in [0.25, 0.3) is 0 Å². The van der Waals surface area contributed by atoms with Gasteiger partial charge in [0.1, 0.15) is 0 Å². The van der Waals surface area contributed by atoms with E-state index < -0.39 is 15.8 Å². The van der Waals surface area contributed by atoms with E-state index in [0.29, 0.717) is 5.49 Å². The second kappa shape index (κ2) is 7.65. The lowest BCUT2D eigenvalue weighted by Gasteiger charge is -2.25. The standard InChI is InChI=1S/C20H20NOPS2/c1-21-25(22,20-15-9-4-10-16-20)17-23(24,18-11-5-2-6-12-18)19-13-7-3-8-14-19/h2-16H,17H2,1H3. The molecule has 1 atom stereocenters. The fourth-order valence-electron chi connectivity index (χ4n) is 2.75. The average Bonchev–Trinajstić information content (AvgIpc) is 2.70. The Labute approximate surface area is 155 Å². The molecule has 1 unspecified atom stereocenters. The van der Waals surface area contributed by atoms with E-state index in [1.165, 1.54) is 0 Å². The molecule has 0 amide bonds. The summed E-state index contributed by atoms with van der Waals surface area (Å²) < 4.78 is 18.0. The Morgan fingerprint density at radius 2 is 1.20 bits per heavy atom. The van der Waals surface area contributed by atoms with Gasteiger partial charge < -0.3 is 0 Å². The first-order chi connectivity index (χ1) is 12.1. The zero-order valence-corrected chi connectivity index (χ0v) is 16.5. The van der Waals surface area contributed by atoms with Crippen LogP contribution in [0.4, 0.5) is 0 Å². The van der Waals surface area contributed by atoms with Crippen molar-refractivity contribution in [3.8, 4) is 0 Å². The topological polar surface area (TPSA) is 29.4 Å². The van der Waals surface area contributed by atoms with Crippen LogP contribution in [0.15, 0.2) is 100 Å². The molecule has 0 saturated heterocycles. The van der Waals surface area contributed by atoms with Crippen molar-refractivity contribution in [2.24, 2.45) is 4.36 Å². The van der Waals surface area contributed by atoms with Gasteiger partial charge in [-0.1, -0.05) is 90.7 Å². The van der Waals surface area contributed by atoms with Crippen molar-refractivity contribution in [3.05, 3.63) is 91.0 Å². The summed E-state index contributed by atoms with van der Waals surface area (Å²) in [6.07, 6.45) is 0. The molecule has 0 aliphatic heterocycles. The molecule has 2 nitrogen and oxygen atoms in total. The second-order valence-corrected chi connectivity index (χ2v) is 13.2. The number of benzene rings is 3. The van der Waals surface area contributed by atoms with Gasteiger partial charge in [0, 0.05) is 18.0 Å². The molecule has 0 aliphatic rings. The second-order valence-electron chi connectivity index (χ2n) is 5.68. The number of hydrogen-bond donors (Lipinski definition) is 0. The molecular weight excluding hydrogens is 365 g/mol. The van der Waals surface area contributed by atoms with Crippen molar-refractivity contribution in [2.45, 2.75) is 4.90 Å². The molecule has 0 spiro atoms. The highest BCUT2D eigenvalue weighted by Gasteiger charge is 2.28. The molecule has 0 bridgehead atoms. The van der Waals surface area contributed by atoms with Crippen LogP contribution in [0.25, 0.3) is 0 Å². The third-order valence-electron chi connectivity index (χ3n) is 4.11. The Hall–Kier alpha value is -1.74. The first-order valence-corrected chi connectivity index (χ1v) is 12.6. The van der Waals surface area contributed by atoms with Crippen molar-refractivity contribution in [1.29, 1.82) is 0 Å². The monoisotopic (exact) mass is 385 g/mol. The molecule has 3 aromatic carbocycles. The van der Waals surface area contributed by atoms with E-state index in [9.17, 15) is 4.21 Å². The van der Waals surface area contributed by atoms with Gasteiger partial charge in [-0.05, 0) is 22.7 Å².